The molecule has 0 unspecified atom stereocenters. The van der Waals surface area contributed by atoms with Gasteiger partial charge in [-0.1, -0.05) is 23.7 Å². The van der Waals surface area contributed by atoms with Crippen LogP contribution in [0.25, 0.3) is 11.1 Å². The quantitative estimate of drug-likeness (QED) is 0.862. The molecule has 0 saturated carbocycles. The summed E-state index contributed by atoms with van der Waals surface area (Å²) in [5.41, 5.74) is 10.8. The summed E-state index contributed by atoms with van der Waals surface area (Å²) in [6.07, 6.45) is 0. The monoisotopic (exact) mass is 263 g/mol. The Labute approximate surface area is 111 Å². The highest BCUT2D eigenvalue weighted by Crippen LogP contribution is 2.28. The van der Waals surface area contributed by atoms with Crippen LogP contribution in [0.5, 0.6) is 0 Å². The van der Waals surface area contributed by atoms with Crippen LogP contribution in [0.1, 0.15) is 16.7 Å². The van der Waals surface area contributed by atoms with E-state index in [0.717, 1.165) is 27.8 Å². The van der Waals surface area contributed by atoms with Gasteiger partial charge >= 0.3 is 0 Å². The maximum Gasteiger partial charge on any atom is 0.125 e. The molecular weight excluding hydrogens is 249 g/mol. The molecule has 1 nitrogen and oxygen atoms in total. The first-order valence-corrected chi connectivity index (χ1v) is 6.15. The van der Waals surface area contributed by atoms with Crippen molar-refractivity contribution in [2.24, 2.45) is 5.73 Å². The van der Waals surface area contributed by atoms with Gasteiger partial charge in [0.25, 0.3) is 0 Å². The fraction of sp³-hybridized carbons (Fsp3) is 0.200. The van der Waals surface area contributed by atoms with Gasteiger partial charge in [0.05, 0.1) is 0 Å². The summed E-state index contributed by atoms with van der Waals surface area (Å²) in [7, 11) is 0. The number of hydrogen-bond acceptors (Lipinski definition) is 1. The zero-order valence-electron chi connectivity index (χ0n) is 10.4. The van der Waals surface area contributed by atoms with Gasteiger partial charge in [-0.2, -0.15) is 0 Å². The molecule has 0 bridgehead atoms. The molecule has 0 aliphatic rings. The molecular formula is C15H15ClFN. The maximum atomic E-state index is 13.4. The fourth-order valence-corrected chi connectivity index (χ4v) is 2.42. The smallest absolute Gasteiger partial charge is 0.125 e. The molecule has 2 N–H and O–H groups in total. The van der Waals surface area contributed by atoms with E-state index in [4.69, 9.17) is 17.3 Å². The molecule has 0 fully saturated rings. The number of nitrogens with two attached hydrogens (primary N) is 1. The lowest BCUT2D eigenvalue weighted by Crippen LogP contribution is -2.02. The minimum atomic E-state index is -0.323. The summed E-state index contributed by atoms with van der Waals surface area (Å²) in [5.74, 6) is -0.323. The Morgan fingerprint density at radius 3 is 2.06 bits per heavy atom. The third-order valence-electron chi connectivity index (χ3n) is 3.10. The van der Waals surface area contributed by atoms with Crippen molar-refractivity contribution in [2.75, 3.05) is 0 Å². The second-order valence-corrected chi connectivity index (χ2v) is 4.89. The standard InChI is InChI=1S/C15H15ClFN/c1-9-3-11(4-10(2)15(9)8-18)12-5-13(16)7-14(17)6-12/h3-7H,8,18H2,1-2H3. The van der Waals surface area contributed by atoms with Crippen LogP contribution in [-0.2, 0) is 6.54 Å². The van der Waals surface area contributed by atoms with Gasteiger partial charge in [-0.05, 0) is 59.9 Å². The summed E-state index contributed by atoms with van der Waals surface area (Å²) >= 11 is 5.88. The molecule has 0 aliphatic heterocycles. The predicted molar refractivity (Wildman–Crippen MR) is 74.2 cm³/mol. The highest BCUT2D eigenvalue weighted by Gasteiger charge is 2.07. The molecule has 0 amide bonds. The van der Waals surface area contributed by atoms with Crippen molar-refractivity contribution < 1.29 is 4.39 Å². The van der Waals surface area contributed by atoms with E-state index in [9.17, 15) is 4.39 Å². The average Bonchev–Trinajstić information content (AvgIpc) is 2.27. The summed E-state index contributed by atoms with van der Waals surface area (Å²) in [5, 5.41) is 0.406. The zero-order chi connectivity index (χ0) is 13.3. The average molecular weight is 264 g/mol. The molecule has 18 heavy (non-hydrogen) atoms. The zero-order valence-corrected chi connectivity index (χ0v) is 11.2. The third-order valence-corrected chi connectivity index (χ3v) is 3.31. The highest BCUT2D eigenvalue weighted by molar-refractivity contribution is 6.30. The Kier molecular flexibility index (Phi) is 3.69. The van der Waals surface area contributed by atoms with E-state index in [2.05, 4.69) is 0 Å². The number of hydrogen-bond donors (Lipinski definition) is 1. The van der Waals surface area contributed by atoms with Crippen molar-refractivity contribution >= 4 is 11.6 Å². The van der Waals surface area contributed by atoms with E-state index >= 15 is 0 Å². The Balaban J connectivity index is 2.58. The van der Waals surface area contributed by atoms with E-state index in [1.165, 1.54) is 12.1 Å². The van der Waals surface area contributed by atoms with Gasteiger partial charge in [0.1, 0.15) is 5.82 Å². The summed E-state index contributed by atoms with van der Waals surface area (Å²) in [6, 6.07) is 8.59. The minimum Gasteiger partial charge on any atom is -0.326 e. The molecule has 0 heterocycles. The van der Waals surface area contributed by atoms with E-state index < -0.39 is 0 Å². The largest absolute Gasteiger partial charge is 0.326 e. The summed E-state index contributed by atoms with van der Waals surface area (Å²) in [6.45, 7) is 4.54. The molecule has 0 atom stereocenters. The van der Waals surface area contributed by atoms with Crippen molar-refractivity contribution in [2.45, 2.75) is 20.4 Å². The fourth-order valence-electron chi connectivity index (χ4n) is 2.20. The molecule has 2 rings (SSSR count). The van der Waals surface area contributed by atoms with Crippen molar-refractivity contribution in [1.29, 1.82) is 0 Å². The van der Waals surface area contributed by atoms with Gasteiger partial charge in [-0.3, -0.25) is 0 Å². The molecule has 0 aliphatic carbocycles. The van der Waals surface area contributed by atoms with Gasteiger partial charge in [0.2, 0.25) is 0 Å². The van der Waals surface area contributed by atoms with Crippen LogP contribution in [0, 0.1) is 19.7 Å². The van der Waals surface area contributed by atoms with E-state index in [1.807, 2.05) is 26.0 Å². The lowest BCUT2D eigenvalue weighted by atomic mass is 9.95. The molecule has 0 radical (unpaired) electrons. The molecule has 0 saturated heterocycles. The highest BCUT2D eigenvalue weighted by atomic mass is 35.5. The van der Waals surface area contributed by atoms with Crippen LogP contribution in [0.4, 0.5) is 4.39 Å². The lowest BCUT2D eigenvalue weighted by molar-refractivity contribution is 0.628. The van der Waals surface area contributed by atoms with Crippen LogP contribution in [0.15, 0.2) is 30.3 Å². The van der Waals surface area contributed by atoms with Crippen LogP contribution >= 0.6 is 11.6 Å². The maximum absolute atomic E-state index is 13.4. The normalized spacial score (nSPS) is 10.7. The molecule has 0 aromatic heterocycles. The number of benzene rings is 2. The minimum absolute atomic E-state index is 0.323. The van der Waals surface area contributed by atoms with Crippen LogP contribution in [-0.4, -0.2) is 0 Å². The van der Waals surface area contributed by atoms with Crippen molar-refractivity contribution in [1.82, 2.24) is 0 Å². The molecule has 94 valence electrons. The van der Waals surface area contributed by atoms with E-state index in [1.54, 1.807) is 6.07 Å². The number of rotatable bonds is 2. The van der Waals surface area contributed by atoms with E-state index in [0.29, 0.717) is 11.6 Å². The van der Waals surface area contributed by atoms with Gasteiger partial charge in [-0.15, -0.1) is 0 Å². The predicted octanol–water partition coefficient (Wildman–Crippen LogP) is 4.22. The van der Waals surface area contributed by atoms with E-state index in [-0.39, 0.29) is 5.82 Å². The Morgan fingerprint density at radius 1 is 1.00 bits per heavy atom. The Morgan fingerprint density at radius 2 is 1.56 bits per heavy atom. The first-order chi connectivity index (χ1) is 8.51. The topological polar surface area (TPSA) is 26.0 Å². The van der Waals surface area contributed by atoms with Crippen LogP contribution in [0.2, 0.25) is 5.02 Å². The number of aryl methyl sites for hydroxylation is 2. The lowest BCUT2D eigenvalue weighted by Gasteiger charge is -2.11. The van der Waals surface area contributed by atoms with Gasteiger partial charge in [0, 0.05) is 11.6 Å². The Bertz CT molecular complexity index is 550. The Hall–Kier alpha value is -1.38. The first-order valence-electron chi connectivity index (χ1n) is 5.78. The summed E-state index contributed by atoms with van der Waals surface area (Å²) < 4.78 is 13.4. The SMILES string of the molecule is Cc1cc(-c2cc(F)cc(Cl)c2)cc(C)c1CN. The van der Waals surface area contributed by atoms with Gasteiger partial charge < -0.3 is 5.73 Å². The van der Waals surface area contributed by atoms with Crippen molar-refractivity contribution in [3.05, 3.63) is 57.9 Å². The molecule has 3 heteroatoms. The first kappa shape index (κ1) is 13.1. The molecule has 2 aromatic carbocycles. The van der Waals surface area contributed by atoms with Gasteiger partial charge in [0.15, 0.2) is 0 Å². The second kappa shape index (κ2) is 5.09. The van der Waals surface area contributed by atoms with Crippen molar-refractivity contribution in [3.63, 3.8) is 0 Å². The van der Waals surface area contributed by atoms with Crippen molar-refractivity contribution in [3.8, 4) is 11.1 Å². The van der Waals surface area contributed by atoms with Crippen LogP contribution in [0.3, 0.4) is 0 Å². The summed E-state index contributed by atoms with van der Waals surface area (Å²) in [4.78, 5) is 0. The third kappa shape index (κ3) is 2.55. The second-order valence-electron chi connectivity index (χ2n) is 4.45. The van der Waals surface area contributed by atoms with Crippen LogP contribution < -0.4 is 5.73 Å². The molecule has 0 spiro atoms. The molecule has 2 aromatic rings. The van der Waals surface area contributed by atoms with Gasteiger partial charge in [-0.25, -0.2) is 4.39 Å². The number of halogens is 2.